The quantitative estimate of drug-likeness (QED) is 0.695. The Hall–Kier alpha value is -1.73. The number of nitrogens with zero attached hydrogens (tertiary/aromatic N) is 1. The van der Waals surface area contributed by atoms with Gasteiger partial charge in [-0.05, 0) is 44.5 Å². The van der Waals surface area contributed by atoms with Gasteiger partial charge in [0, 0.05) is 13.0 Å². The Morgan fingerprint density at radius 2 is 1.84 bits per heavy atom. The highest BCUT2D eigenvalue weighted by Gasteiger charge is 2.05. The molecule has 1 aromatic carbocycles. The predicted molar refractivity (Wildman–Crippen MR) is 75.6 cm³/mol. The number of ether oxygens (including phenoxy) is 2. The van der Waals surface area contributed by atoms with Crippen LogP contribution in [-0.2, 0) is 6.42 Å². The van der Waals surface area contributed by atoms with Crippen molar-refractivity contribution in [2.75, 3.05) is 26.3 Å². The summed E-state index contributed by atoms with van der Waals surface area (Å²) in [6.07, 6.45) is 1.46. The second-order valence-corrected chi connectivity index (χ2v) is 4.06. The monoisotopic (exact) mass is 262 g/mol. The Labute approximate surface area is 115 Å². The van der Waals surface area contributed by atoms with Gasteiger partial charge in [-0.2, -0.15) is 5.26 Å². The van der Waals surface area contributed by atoms with Crippen molar-refractivity contribution in [2.24, 2.45) is 0 Å². The van der Waals surface area contributed by atoms with Gasteiger partial charge in [0.25, 0.3) is 0 Å². The largest absolute Gasteiger partial charge is 0.490 e. The molecule has 0 radical (unpaired) electrons. The molecule has 0 saturated carbocycles. The summed E-state index contributed by atoms with van der Waals surface area (Å²) in [4.78, 5) is 0. The molecule has 4 nitrogen and oxygen atoms in total. The van der Waals surface area contributed by atoms with Crippen LogP contribution < -0.4 is 14.8 Å². The van der Waals surface area contributed by atoms with Crippen LogP contribution >= 0.6 is 0 Å². The van der Waals surface area contributed by atoms with Crippen LogP contribution in [0.15, 0.2) is 18.2 Å². The molecular formula is C15H22N2O2. The summed E-state index contributed by atoms with van der Waals surface area (Å²) in [7, 11) is 0. The zero-order valence-corrected chi connectivity index (χ0v) is 11.7. The first-order valence-electron chi connectivity index (χ1n) is 6.78. The molecule has 0 bridgehead atoms. The molecule has 0 amide bonds. The van der Waals surface area contributed by atoms with Gasteiger partial charge in [-0.15, -0.1) is 0 Å². The van der Waals surface area contributed by atoms with Gasteiger partial charge in [0.05, 0.1) is 19.3 Å². The van der Waals surface area contributed by atoms with E-state index in [0.717, 1.165) is 31.0 Å². The average Bonchev–Trinajstić information content (AvgIpc) is 2.42. The van der Waals surface area contributed by atoms with Crippen molar-refractivity contribution in [1.82, 2.24) is 5.32 Å². The lowest BCUT2D eigenvalue weighted by molar-refractivity contribution is 0.287. The molecule has 1 rings (SSSR count). The molecule has 104 valence electrons. The van der Waals surface area contributed by atoms with Gasteiger partial charge >= 0.3 is 0 Å². The van der Waals surface area contributed by atoms with Crippen molar-refractivity contribution in [3.8, 4) is 17.6 Å². The van der Waals surface area contributed by atoms with Crippen molar-refractivity contribution in [3.05, 3.63) is 23.8 Å². The van der Waals surface area contributed by atoms with Gasteiger partial charge in [-0.25, -0.2) is 0 Å². The van der Waals surface area contributed by atoms with E-state index in [-0.39, 0.29) is 0 Å². The van der Waals surface area contributed by atoms with E-state index in [4.69, 9.17) is 14.7 Å². The van der Waals surface area contributed by atoms with Crippen molar-refractivity contribution in [1.29, 1.82) is 5.26 Å². The van der Waals surface area contributed by atoms with E-state index in [1.807, 2.05) is 26.0 Å². The molecule has 4 heteroatoms. The first kappa shape index (κ1) is 15.3. The highest BCUT2D eigenvalue weighted by Crippen LogP contribution is 2.28. The molecular weight excluding hydrogens is 240 g/mol. The van der Waals surface area contributed by atoms with E-state index in [9.17, 15) is 0 Å². The smallest absolute Gasteiger partial charge is 0.161 e. The fourth-order valence-electron chi connectivity index (χ4n) is 1.75. The summed E-state index contributed by atoms with van der Waals surface area (Å²) >= 11 is 0. The van der Waals surface area contributed by atoms with Crippen LogP contribution in [0.3, 0.4) is 0 Å². The number of nitrogens with one attached hydrogen (secondary N) is 1. The summed E-state index contributed by atoms with van der Waals surface area (Å²) in [5, 5.41) is 11.7. The van der Waals surface area contributed by atoms with E-state index in [1.54, 1.807) is 0 Å². The summed E-state index contributed by atoms with van der Waals surface area (Å²) in [5.41, 5.74) is 1.20. The minimum Gasteiger partial charge on any atom is -0.490 e. The third kappa shape index (κ3) is 5.62. The average molecular weight is 262 g/mol. The lowest BCUT2D eigenvalue weighted by atomic mass is 10.1. The fraction of sp³-hybridized carbons (Fsp3) is 0.533. The highest BCUT2D eigenvalue weighted by molar-refractivity contribution is 5.43. The second kappa shape index (κ2) is 9.23. The van der Waals surface area contributed by atoms with Gasteiger partial charge in [0.15, 0.2) is 11.5 Å². The number of benzene rings is 1. The van der Waals surface area contributed by atoms with Crippen LogP contribution in [0.4, 0.5) is 0 Å². The Morgan fingerprint density at radius 1 is 1.11 bits per heavy atom. The first-order valence-corrected chi connectivity index (χ1v) is 6.78. The molecule has 1 N–H and O–H groups in total. The molecule has 0 spiro atoms. The van der Waals surface area contributed by atoms with E-state index >= 15 is 0 Å². The molecule has 0 atom stereocenters. The van der Waals surface area contributed by atoms with E-state index in [2.05, 4.69) is 17.5 Å². The Balaban J connectivity index is 2.54. The third-order valence-electron chi connectivity index (χ3n) is 2.61. The maximum Gasteiger partial charge on any atom is 0.161 e. The zero-order chi connectivity index (χ0) is 13.9. The summed E-state index contributed by atoms with van der Waals surface area (Å²) < 4.78 is 11.1. The third-order valence-corrected chi connectivity index (χ3v) is 2.61. The van der Waals surface area contributed by atoms with Crippen molar-refractivity contribution in [3.63, 3.8) is 0 Å². The predicted octanol–water partition coefficient (Wildman–Crippen LogP) is 2.53. The maximum absolute atomic E-state index is 8.44. The zero-order valence-electron chi connectivity index (χ0n) is 11.7. The van der Waals surface area contributed by atoms with Crippen LogP contribution in [0, 0.1) is 11.3 Å². The second-order valence-electron chi connectivity index (χ2n) is 4.06. The van der Waals surface area contributed by atoms with Crippen LogP contribution in [0.2, 0.25) is 0 Å². The molecule has 19 heavy (non-hydrogen) atoms. The van der Waals surface area contributed by atoms with Gasteiger partial charge in [0.2, 0.25) is 0 Å². The summed E-state index contributed by atoms with van der Waals surface area (Å²) in [6, 6.07) is 8.16. The molecule has 0 fully saturated rings. The van der Waals surface area contributed by atoms with Gasteiger partial charge in [-0.3, -0.25) is 0 Å². The first-order chi connectivity index (χ1) is 9.31. The lowest BCUT2D eigenvalue weighted by Crippen LogP contribution is -2.18. The number of nitriles is 1. The fourth-order valence-corrected chi connectivity index (χ4v) is 1.75. The number of hydrogen-bond acceptors (Lipinski definition) is 4. The molecule has 0 aliphatic rings. The minimum atomic E-state index is 0.549. The molecule has 0 unspecified atom stereocenters. The topological polar surface area (TPSA) is 54.3 Å². The van der Waals surface area contributed by atoms with Crippen LogP contribution in [-0.4, -0.2) is 26.3 Å². The standard InChI is InChI=1S/C15H22N2O2/c1-3-18-14-7-6-13(12-15(14)19-4-2)8-11-17-10-5-9-16/h6-7,12,17H,3-5,8,10-11H2,1-2H3. The maximum atomic E-state index is 8.44. The Morgan fingerprint density at radius 3 is 2.53 bits per heavy atom. The number of rotatable bonds is 9. The molecule has 0 aliphatic carbocycles. The van der Waals surface area contributed by atoms with Crippen molar-refractivity contribution < 1.29 is 9.47 Å². The Kier molecular flexibility index (Phi) is 7.45. The van der Waals surface area contributed by atoms with Crippen LogP contribution in [0.5, 0.6) is 11.5 Å². The Bertz CT molecular complexity index is 413. The molecule has 0 saturated heterocycles. The normalized spacial score (nSPS) is 9.95. The molecule has 0 aromatic heterocycles. The molecule has 0 aliphatic heterocycles. The number of hydrogen-bond donors (Lipinski definition) is 1. The van der Waals surface area contributed by atoms with Crippen molar-refractivity contribution >= 4 is 0 Å². The van der Waals surface area contributed by atoms with Crippen LogP contribution in [0.25, 0.3) is 0 Å². The van der Waals surface area contributed by atoms with E-state index < -0.39 is 0 Å². The van der Waals surface area contributed by atoms with Gasteiger partial charge in [-0.1, -0.05) is 6.07 Å². The SMILES string of the molecule is CCOc1ccc(CCNCCC#N)cc1OCC. The summed E-state index contributed by atoms with van der Waals surface area (Å²) in [6.45, 7) is 6.79. The van der Waals surface area contributed by atoms with Gasteiger partial charge < -0.3 is 14.8 Å². The van der Waals surface area contributed by atoms with Crippen molar-refractivity contribution in [2.45, 2.75) is 26.7 Å². The lowest BCUT2D eigenvalue weighted by Gasteiger charge is -2.12. The van der Waals surface area contributed by atoms with Gasteiger partial charge in [0.1, 0.15) is 0 Å². The van der Waals surface area contributed by atoms with E-state index in [1.165, 1.54) is 5.56 Å². The highest BCUT2D eigenvalue weighted by atomic mass is 16.5. The molecule has 1 aromatic rings. The van der Waals surface area contributed by atoms with Crippen LogP contribution in [0.1, 0.15) is 25.8 Å². The summed E-state index contributed by atoms with van der Waals surface area (Å²) in [5.74, 6) is 1.60. The molecule has 0 heterocycles. The van der Waals surface area contributed by atoms with E-state index in [0.29, 0.717) is 19.6 Å². The minimum absolute atomic E-state index is 0.549.